The highest BCUT2D eigenvalue weighted by Crippen LogP contribution is 2.29. The number of nitrogens with one attached hydrogen (secondary N) is 2. The minimum absolute atomic E-state index is 0.0976. The van der Waals surface area contributed by atoms with Gasteiger partial charge in [0.1, 0.15) is 6.04 Å². The summed E-state index contributed by atoms with van der Waals surface area (Å²) in [5.74, 6) is -1.14. The van der Waals surface area contributed by atoms with Gasteiger partial charge in [0.05, 0.1) is 0 Å². The number of hydrogen-bond donors (Lipinski definition) is 3. The standard InChI is InChI=1S/C14H27N3O3/c1-10(2)11(12(18)19)16-13(20)15-9-14(3)5-7-17(4)8-6-14/h10-11H,5-9H2,1-4H3,(H,18,19)(H2,15,16,20). The number of urea groups is 1. The molecular weight excluding hydrogens is 258 g/mol. The molecule has 1 aliphatic heterocycles. The summed E-state index contributed by atoms with van der Waals surface area (Å²) in [7, 11) is 2.10. The number of carbonyl (C=O) groups excluding carboxylic acids is 1. The zero-order valence-corrected chi connectivity index (χ0v) is 12.9. The van der Waals surface area contributed by atoms with Crippen LogP contribution in [0.25, 0.3) is 0 Å². The maximum absolute atomic E-state index is 11.8. The van der Waals surface area contributed by atoms with Crippen molar-refractivity contribution in [2.75, 3.05) is 26.7 Å². The molecule has 0 aromatic carbocycles. The fourth-order valence-electron chi connectivity index (χ4n) is 2.33. The maximum atomic E-state index is 11.8. The average Bonchev–Trinajstić information content (AvgIpc) is 2.37. The second-order valence-electron chi connectivity index (χ2n) is 6.50. The molecule has 0 radical (unpaired) electrons. The zero-order chi connectivity index (χ0) is 15.3. The number of carbonyl (C=O) groups is 2. The van der Waals surface area contributed by atoms with Crippen LogP contribution in [-0.2, 0) is 4.79 Å². The number of nitrogens with zero attached hydrogens (tertiary/aromatic N) is 1. The molecule has 1 rings (SSSR count). The lowest BCUT2D eigenvalue weighted by Crippen LogP contribution is -2.51. The van der Waals surface area contributed by atoms with Crippen LogP contribution in [0.1, 0.15) is 33.6 Å². The molecule has 2 amide bonds. The van der Waals surface area contributed by atoms with Crippen molar-refractivity contribution in [1.82, 2.24) is 15.5 Å². The van der Waals surface area contributed by atoms with Crippen LogP contribution in [0.15, 0.2) is 0 Å². The SMILES string of the molecule is CC(C)C(NC(=O)NCC1(C)CCN(C)CC1)C(=O)O. The van der Waals surface area contributed by atoms with Crippen molar-refractivity contribution in [1.29, 1.82) is 0 Å². The Labute approximate surface area is 120 Å². The van der Waals surface area contributed by atoms with Gasteiger partial charge < -0.3 is 20.6 Å². The van der Waals surface area contributed by atoms with Gasteiger partial charge >= 0.3 is 12.0 Å². The predicted octanol–water partition coefficient (Wildman–Crippen LogP) is 1.13. The van der Waals surface area contributed by atoms with Crippen LogP contribution in [0.5, 0.6) is 0 Å². The van der Waals surface area contributed by atoms with E-state index in [1.807, 2.05) is 0 Å². The summed E-state index contributed by atoms with van der Waals surface area (Å²) in [6, 6.07) is -1.24. The second kappa shape index (κ2) is 6.92. The van der Waals surface area contributed by atoms with Gasteiger partial charge in [-0.3, -0.25) is 0 Å². The van der Waals surface area contributed by atoms with Gasteiger partial charge in [-0.25, -0.2) is 9.59 Å². The van der Waals surface area contributed by atoms with E-state index in [9.17, 15) is 9.59 Å². The van der Waals surface area contributed by atoms with E-state index in [1.165, 1.54) is 0 Å². The fourth-order valence-corrected chi connectivity index (χ4v) is 2.33. The minimum Gasteiger partial charge on any atom is -0.480 e. The van der Waals surface area contributed by atoms with Gasteiger partial charge in [0.25, 0.3) is 0 Å². The number of rotatable bonds is 5. The molecule has 1 unspecified atom stereocenters. The quantitative estimate of drug-likeness (QED) is 0.707. The van der Waals surface area contributed by atoms with E-state index in [0.29, 0.717) is 6.54 Å². The van der Waals surface area contributed by atoms with E-state index in [2.05, 4.69) is 29.5 Å². The third kappa shape index (κ3) is 5.00. The van der Waals surface area contributed by atoms with Gasteiger partial charge in [0, 0.05) is 6.54 Å². The molecule has 0 saturated carbocycles. The molecule has 6 nitrogen and oxygen atoms in total. The van der Waals surface area contributed by atoms with E-state index in [0.717, 1.165) is 25.9 Å². The fraction of sp³-hybridized carbons (Fsp3) is 0.857. The lowest BCUT2D eigenvalue weighted by molar-refractivity contribution is -0.140. The van der Waals surface area contributed by atoms with Crippen LogP contribution in [-0.4, -0.2) is 54.7 Å². The molecule has 20 heavy (non-hydrogen) atoms. The molecule has 3 N–H and O–H groups in total. The Morgan fingerprint density at radius 2 is 1.85 bits per heavy atom. The predicted molar refractivity (Wildman–Crippen MR) is 77.6 cm³/mol. The molecule has 0 bridgehead atoms. The molecule has 6 heteroatoms. The molecule has 1 atom stereocenters. The van der Waals surface area contributed by atoms with E-state index in [1.54, 1.807) is 13.8 Å². The average molecular weight is 285 g/mol. The molecule has 1 aliphatic rings. The summed E-state index contributed by atoms with van der Waals surface area (Å²) in [5, 5.41) is 14.4. The molecule has 1 fully saturated rings. The van der Waals surface area contributed by atoms with Crippen molar-refractivity contribution in [2.45, 2.75) is 39.7 Å². The number of piperidine rings is 1. The van der Waals surface area contributed by atoms with Crippen molar-refractivity contribution in [3.05, 3.63) is 0 Å². The van der Waals surface area contributed by atoms with Crippen molar-refractivity contribution < 1.29 is 14.7 Å². The van der Waals surface area contributed by atoms with Gasteiger partial charge in [0.2, 0.25) is 0 Å². The van der Waals surface area contributed by atoms with E-state index in [4.69, 9.17) is 5.11 Å². The Balaban J connectivity index is 2.41. The molecule has 1 saturated heterocycles. The van der Waals surface area contributed by atoms with Gasteiger partial charge in [-0.2, -0.15) is 0 Å². The van der Waals surface area contributed by atoms with Crippen molar-refractivity contribution in [3.8, 4) is 0 Å². The number of hydrogen-bond acceptors (Lipinski definition) is 3. The third-order valence-electron chi connectivity index (χ3n) is 4.09. The Morgan fingerprint density at radius 1 is 1.30 bits per heavy atom. The Bertz CT molecular complexity index is 350. The zero-order valence-electron chi connectivity index (χ0n) is 12.9. The lowest BCUT2D eigenvalue weighted by Gasteiger charge is -2.38. The lowest BCUT2D eigenvalue weighted by atomic mass is 9.80. The number of aliphatic carboxylic acids is 1. The van der Waals surface area contributed by atoms with Crippen molar-refractivity contribution >= 4 is 12.0 Å². The van der Waals surface area contributed by atoms with Crippen LogP contribution >= 0.6 is 0 Å². The van der Waals surface area contributed by atoms with Crippen LogP contribution in [0, 0.1) is 11.3 Å². The summed E-state index contributed by atoms with van der Waals surface area (Å²) >= 11 is 0. The highest BCUT2D eigenvalue weighted by atomic mass is 16.4. The summed E-state index contributed by atoms with van der Waals surface area (Å²) < 4.78 is 0. The summed E-state index contributed by atoms with van der Waals surface area (Å²) in [5.41, 5.74) is 0.0976. The summed E-state index contributed by atoms with van der Waals surface area (Å²) in [4.78, 5) is 25.1. The van der Waals surface area contributed by atoms with Crippen LogP contribution in [0.4, 0.5) is 4.79 Å². The highest BCUT2D eigenvalue weighted by molar-refractivity contribution is 5.82. The number of carboxylic acids is 1. The van der Waals surface area contributed by atoms with Crippen LogP contribution < -0.4 is 10.6 Å². The summed E-state index contributed by atoms with van der Waals surface area (Å²) in [6.45, 7) is 8.36. The van der Waals surface area contributed by atoms with Gasteiger partial charge in [-0.15, -0.1) is 0 Å². The molecular formula is C14H27N3O3. The molecule has 0 aromatic rings. The first-order valence-electron chi connectivity index (χ1n) is 7.19. The second-order valence-corrected chi connectivity index (χ2v) is 6.50. The van der Waals surface area contributed by atoms with E-state index in [-0.39, 0.29) is 11.3 Å². The third-order valence-corrected chi connectivity index (χ3v) is 4.09. The number of likely N-dealkylation sites (tertiary alicyclic amines) is 1. The molecule has 0 aliphatic carbocycles. The van der Waals surface area contributed by atoms with Crippen molar-refractivity contribution in [3.63, 3.8) is 0 Å². The first-order chi connectivity index (χ1) is 9.23. The Hall–Kier alpha value is -1.30. The van der Waals surface area contributed by atoms with Crippen molar-refractivity contribution in [2.24, 2.45) is 11.3 Å². The highest BCUT2D eigenvalue weighted by Gasteiger charge is 2.30. The van der Waals surface area contributed by atoms with E-state index >= 15 is 0 Å². The first kappa shape index (κ1) is 16.8. The molecule has 0 spiro atoms. The number of carboxylic acid groups (broad SMARTS) is 1. The molecule has 0 aromatic heterocycles. The van der Waals surface area contributed by atoms with Crippen LogP contribution in [0.2, 0.25) is 0 Å². The maximum Gasteiger partial charge on any atom is 0.326 e. The van der Waals surface area contributed by atoms with Gasteiger partial charge in [-0.05, 0) is 44.3 Å². The van der Waals surface area contributed by atoms with Crippen LogP contribution in [0.3, 0.4) is 0 Å². The monoisotopic (exact) mass is 285 g/mol. The smallest absolute Gasteiger partial charge is 0.326 e. The van der Waals surface area contributed by atoms with Gasteiger partial charge in [0.15, 0.2) is 0 Å². The summed E-state index contributed by atoms with van der Waals surface area (Å²) in [6.07, 6.45) is 2.08. The Kier molecular flexibility index (Phi) is 5.80. The van der Waals surface area contributed by atoms with E-state index < -0.39 is 18.0 Å². The largest absolute Gasteiger partial charge is 0.480 e. The molecule has 116 valence electrons. The van der Waals surface area contributed by atoms with Gasteiger partial charge in [-0.1, -0.05) is 20.8 Å². The topological polar surface area (TPSA) is 81.7 Å². The minimum atomic E-state index is -0.999. The normalized spacial score (nSPS) is 20.4. The first-order valence-corrected chi connectivity index (χ1v) is 7.19. The molecule has 1 heterocycles. The number of amides is 2. The Morgan fingerprint density at radius 3 is 2.30 bits per heavy atom.